The summed E-state index contributed by atoms with van der Waals surface area (Å²) in [5, 5.41) is 0. The molecule has 0 aromatic heterocycles. The second-order valence-corrected chi connectivity index (χ2v) is 4.00. The molecule has 0 atom stereocenters. The van der Waals surface area contributed by atoms with Crippen molar-refractivity contribution < 1.29 is 0 Å². The van der Waals surface area contributed by atoms with Crippen molar-refractivity contribution in [3.8, 4) is 11.8 Å². The molecule has 0 saturated heterocycles. The molecule has 0 aliphatic heterocycles. The highest BCUT2D eigenvalue weighted by Crippen LogP contribution is 2.14. The van der Waals surface area contributed by atoms with Crippen LogP contribution < -0.4 is 4.90 Å². The number of rotatable bonds is 2. The minimum atomic E-state index is 0.789. The van der Waals surface area contributed by atoms with E-state index in [1.54, 1.807) is 0 Å². The third kappa shape index (κ3) is 3.27. The number of nitrogens with zero attached hydrogens (tertiary/aromatic N) is 1. The Morgan fingerprint density at radius 2 is 1.92 bits per heavy atom. The van der Waals surface area contributed by atoms with Crippen LogP contribution in [0, 0.1) is 15.4 Å². The molecule has 68 valence electrons. The Morgan fingerprint density at radius 3 is 2.46 bits per heavy atom. The summed E-state index contributed by atoms with van der Waals surface area (Å²) in [5.74, 6) is 5.92. The molecule has 0 unspecified atom stereocenters. The molecule has 2 heteroatoms. The van der Waals surface area contributed by atoms with Gasteiger partial charge in [0.2, 0.25) is 0 Å². The summed E-state index contributed by atoms with van der Waals surface area (Å²) < 4.78 is 1.26. The molecule has 0 aliphatic carbocycles. The number of hydrogen-bond donors (Lipinski definition) is 0. The fourth-order valence-electron chi connectivity index (χ4n) is 0.985. The van der Waals surface area contributed by atoms with E-state index in [9.17, 15) is 0 Å². The first-order valence-corrected chi connectivity index (χ1v) is 5.18. The molecule has 1 aromatic rings. The van der Waals surface area contributed by atoms with Gasteiger partial charge in [0, 0.05) is 16.3 Å². The molecule has 0 radical (unpaired) electrons. The van der Waals surface area contributed by atoms with Crippen molar-refractivity contribution in [1.29, 1.82) is 0 Å². The zero-order valence-electron chi connectivity index (χ0n) is 7.84. The van der Waals surface area contributed by atoms with Crippen LogP contribution in [0.4, 0.5) is 5.69 Å². The molecule has 1 rings (SSSR count). The van der Waals surface area contributed by atoms with Crippen LogP contribution >= 0.6 is 22.6 Å². The average molecular weight is 285 g/mol. The highest BCUT2D eigenvalue weighted by atomic mass is 127. The fraction of sp³-hybridized carbons (Fsp3) is 0.273. The normalized spacial score (nSPS) is 8.85. The van der Waals surface area contributed by atoms with Crippen LogP contribution in [0.15, 0.2) is 24.3 Å². The van der Waals surface area contributed by atoms with Gasteiger partial charge < -0.3 is 4.90 Å². The molecular formula is C11H12IN. The molecule has 0 amide bonds. The summed E-state index contributed by atoms with van der Waals surface area (Å²) in [6.45, 7) is 2.65. The van der Waals surface area contributed by atoms with Gasteiger partial charge in [-0.25, -0.2) is 0 Å². The lowest BCUT2D eigenvalue weighted by Crippen LogP contribution is -2.16. The predicted octanol–water partition coefficient (Wildman–Crippen LogP) is 2.75. The van der Waals surface area contributed by atoms with E-state index in [0.717, 1.165) is 6.54 Å². The Balaban J connectivity index is 2.69. The predicted molar refractivity (Wildman–Crippen MR) is 65.9 cm³/mol. The molecular weight excluding hydrogens is 273 g/mol. The zero-order valence-corrected chi connectivity index (χ0v) is 10.00. The summed E-state index contributed by atoms with van der Waals surface area (Å²) in [6.07, 6.45) is 0. The highest BCUT2D eigenvalue weighted by Gasteiger charge is 1.96. The van der Waals surface area contributed by atoms with Crippen molar-refractivity contribution in [3.63, 3.8) is 0 Å². The Kier molecular flexibility index (Phi) is 4.10. The van der Waals surface area contributed by atoms with Crippen LogP contribution in [0.1, 0.15) is 6.92 Å². The zero-order chi connectivity index (χ0) is 9.68. The lowest BCUT2D eigenvalue weighted by atomic mass is 10.3. The van der Waals surface area contributed by atoms with Gasteiger partial charge in [-0.15, -0.1) is 5.92 Å². The molecule has 0 fully saturated rings. The third-order valence-electron chi connectivity index (χ3n) is 1.76. The smallest absolute Gasteiger partial charge is 0.0791 e. The van der Waals surface area contributed by atoms with E-state index < -0.39 is 0 Å². The van der Waals surface area contributed by atoms with Gasteiger partial charge in [0.15, 0.2) is 0 Å². The van der Waals surface area contributed by atoms with Crippen molar-refractivity contribution in [3.05, 3.63) is 27.8 Å². The van der Waals surface area contributed by atoms with Crippen LogP contribution in [0.5, 0.6) is 0 Å². The van der Waals surface area contributed by atoms with E-state index in [-0.39, 0.29) is 0 Å². The maximum atomic E-state index is 3.04. The Hall–Kier alpha value is -0.690. The lowest BCUT2D eigenvalue weighted by molar-refractivity contribution is 1.05. The fourth-order valence-corrected chi connectivity index (χ4v) is 1.34. The van der Waals surface area contributed by atoms with Gasteiger partial charge in [-0.05, 0) is 53.8 Å². The first kappa shape index (κ1) is 10.4. The van der Waals surface area contributed by atoms with Crippen LogP contribution in [-0.4, -0.2) is 13.6 Å². The Morgan fingerprint density at radius 1 is 1.31 bits per heavy atom. The summed E-state index contributed by atoms with van der Waals surface area (Å²) in [7, 11) is 2.05. The third-order valence-corrected chi connectivity index (χ3v) is 2.48. The van der Waals surface area contributed by atoms with Crippen LogP contribution in [0.3, 0.4) is 0 Å². The van der Waals surface area contributed by atoms with E-state index in [1.165, 1.54) is 9.26 Å². The summed E-state index contributed by atoms with van der Waals surface area (Å²) in [5.41, 5.74) is 1.21. The summed E-state index contributed by atoms with van der Waals surface area (Å²) in [6, 6.07) is 8.43. The molecule has 0 saturated carbocycles. The van der Waals surface area contributed by atoms with Crippen molar-refractivity contribution in [2.75, 3.05) is 18.5 Å². The maximum absolute atomic E-state index is 3.04. The molecule has 0 aliphatic rings. The van der Waals surface area contributed by atoms with Crippen LogP contribution in [0.2, 0.25) is 0 Å². The Bertz CT molecular complexity index is 318. The van der Waals surface area contributed by atoms with E-state index in [2.05, 4.69) is 63.6 Å². The minimum Gasteiger partial charge on any atom is -0.363 e. The molecule has 0 heterocycles. The monoisotopic (exact) mass is 285 g/mol. The topological polar surface area (TPSA) is 3.24 Å². The lowest BCUT2D eigenvalue weighted by Gasteiger charge is -2.15. The maximum Gasteiger partial charge on any atom is 0.0791 e. The molecule has 0 bridgehead atoms. The second kappa shape index (κ2) is 5.13. The van der Waals surface area contributed by atoms with Crippen LogP contribution in [-0.2, 0) is 0 Å². The van der Waals surface area contributed by atoms with Gasteiger partial charge in [0.25, 0.3) is 0 Å². The van der Waals surface area contributed by atoms with Crippen molar-refractivity contribution in [1.82, 2.24) is 0 Å². The van der Waals surface area contributed by atoms with E-state index in [4.69, 9.17) is 0 Å². The molecule has 13 heavy (non-hydrogen) atoms. The van der Waals surface area contributed by atoms with Gasteiger partial charge in [-0.1, -0.05) is 5.92 Å². The standard InChI is InChI=1S/C11H12IN/c1-3-4-9-13(2)11-7-5-10(12)6-8-11/h5-8H,9H2,1-2H3. The second-order valence-electron chi connectivity index (χ2n) is 2.76. The number of halogens is 1. The van der Waals surface area contributed by atoms with Gasteiger partial charge in [-0.3, -0.25) is 0 Å². The molecule has 1 aromatic carbocycles. The highest BCUT2D eigenvalue weighted by molar-refractivity contribution is 14.1. The van der Waals surface area contributed by atoms with Gasteiger partial charge in [0.05, 0.1) is 6.54 Å². The quantitative estimate of drug-likeness (QED) is 0.596. The van der Waals surface area contributed by atoms with E-state index >= 15 is 0 Å². The summed E-state index contributed by atoms with van der Waals surface area (Å²) >= 11 is 2.30. The van der Waals surface area contributed by atoms with E-state index in [0.29, 0.717) is 0 Å². The van der Waals surface area contributed by atoms with Crippen molar-refractivity contribution in [2.45, 2.75) is 6.92 Å². The minimum absolute atomic E-state index is 0.789. The molecule has 0 spiro atoms. The number of hydrogen-bond acceptors (Lipinski definition) is 1. The van der Waals surface area contributed by atoms with Gasteiger partial charge in [-0.2, -0.15) is 0 Å². The first-order chi connectivity index (χ1) is 6.24. The first-order valence-electron chi connectivity index (χ1n) is 4.10. The van der Waals surface area contributed by atoms with Gasteiger partial charge in [0.1, 0.15) is 0 Å². The van der Waals surface area contributed by atoms with Crippen molar-refractivity contribution in [2.24, 2.45) is 0 Å². The summed E-state index contributed by atoms with van der Waals surface area (Å²) in [4.78, 5) is 2.13. The molecule has 1 nitrogen and oxygen atoms in total. The SMILES string of the molecule is CC#CCN(C)c1ccc(I)cc1. The van der Waals surface area contributed by atoms with Crippen LogP contribution in [0.25, 0.3) is 0 Å². The molecule has 0 N–H and O–H groups in total. The largest absolute Gasteiger partial charge is 0.363 e. The van der Waals surface area contributed by atoms with E-state index in [1.807, 2.05) is 14.0 Å². The Labute approximate surface area is 93.3 Å². The van der Waals surface area contributed by atoms with Gasteiger partial charge >= 0.3 is 0 Å². The average Bonchev–Trinajstić information content (AvgIpc) is 2.15. The van der Waals surface area contributed by atoms with Crippen molar-refractivity contribution >= 4 is 28.3 Å². The number of anilines is 1. The number of benzene rings is 1.